The highest BCUT2D eigenvalue weighted by atomic mass is 79.9. The normalized spacial score (nSPS) is 17.5. The molecule has 1 saturated heterocycles. The summed E-state index contributed by atoms with van der Waals surface area (Å²) in [5.41, 5.74) is 0.623. The fourth-order valence-corrected chi connectivity index (χ4v) is 2.65. The number of hydrogen-bond donors (Lipinski definition) is 2. The Kier molecular flexibility index (Phi) is 5.88. The Bertz CT molecular complexity index is 804. The predicted octanol–water partition coefficient (Wildman–Crippen LogP) is 1.76. The van der Waals surface area contributed by atoms with Crippen LogP contribution in [-0.2, 0) is 14.3 Å². The van der Waals surface area contributed by atoms with Crippen molar-refractivity contribution in [1.82, 2.24) is 5.32 Å². The van der Waals surface area contributed by atoms with Crippen LogP contribution in [0.3, 0.4) is 0 Å². The van der Waals surface area contributed by atoms with Gasteiger partial charge in [-0.25, -0.2) is 9.59 Å². The minimum atomic E-state index is -1.06. The first-order valence-electron chi connectivity index (χ1n) is 6.33. The molecule has 0 spiro atoms. The van der Waals surface area contributed by atoms with Gasteiger partial charge in [0.2, 0.25) is 0 Å². The average molecular weight is 412 g/mol. The molecule has 0 aromatic heterocycles. The first kappa shape index (κ1) is 17.9. The second-order valence-electron chi connectivity index (χ2n) is 4.28. The Morgan fingerprint density at radius 1 is 1.42 bits per heavy atom. The fourth-order valence-electron chi connectivity index (χ4n) is 1.56. The van der Waals surface area contributed by atoms with Crippen LogP contribution in [0.5, 0.6) is 0 Å². The van der Waals surface area contributed by atoms with E-state index in [9.17, 15) is 14.4 Å². The van der Waals surface area contributed by atoms with Crippen LogP contribution in [-0.4, -0.2) is 41.4 Å². The van der Waals surface area contributed by atoms with Crippen LogP contribution in [0.1, 0.15) is 15.9 Å². The SMILES string of the molecule is COC(=O)/C=C1/S/C(=N\N=Cc2cc(C(=O)O)ccc2Br)NC1=O. The van der Waals surface area contributed by atoms with Crippen LogP contribution >= 0.6 is 27.7 Å². The van der Waals surface area contributed by atoms with Crippen molar-refractivity contribution in [2.24, 2.45) is 10.2 Å². The summed E-state index contributed by atoms with van der Waals surface area (Å²) in [6.45, 7) is 0. The van der Waals surface area contributed by atoms with E-state index in [1.807, 2.05) is 0 Å². The lowest BCUT2D eigenvalue weighted by molar-refractivity contribution is -0.135. The van der Waals surface area contributed by atoms with Crippen molar-refractivity contribution >= 4 is 56.9 Å². The minimum absolute atomic E-state index is 0.110. The summed E-state index contributed by atoms with van der Waals surface area (Å²) in [5.74, 6) is -2.18. The van der Waals surface area contributed by atoms with Crippen LogP contribution < -0.4 is 5.32 Å². The van der Waals surface area contributed by atoms with Crippen LogP contribution in [0.4, 0.5) is 0 Å². The van der Waals surface area contributed by atoms with Gasteiger partial charge in [0.05, 0.1) is 23.8 Å². The highest BCUT2D eigenvalue weighted by Gasteiger charge is 2.25. The van der Waals surface area contributed by atoms with Crippen molar-refractivity contribution in [2.75, 3.05) is 7.11 Å². The highest BCUT2D eigenvalue weighted by Crippen LogP contribution is 2.23. The molecule has 0 radical (unpaired) electrons. The zero-order valence-corrected chi connectivity index (χ0v) is 14.6. The molecule has 0 bridgehead atoms. The second-order valence-corrected chi connectivity index (χ2v) is 6.16. The third-order valence-electron chi connectivity index (χ3n) is 2.69. The van der Waals surface area contributed by atoms with Gasteiger partial charge in [-0.05, 0) is 30.0 Å². The van der Waals surface area contributed by atoms with Crippen molar-refractivity contribution < 1.29 is 24.2 Å². The summed E-state index contributed by atoms with van der Waals surface area (Å²) >= 11 is 4.22. The summed E-state index contributed by atoms with van der Waals surface area (Å²) < 4.78 is 5.09. The van der Waals surface area contributed by atoms with Crippen molar-refractivity contribution in [3.63, 3.8) is 0 Å². The number of thioether (sulfide) groups is 1. The smallest absolute Gasteiger partial charge is 0.335 e. The first-order chi connectivity index (χ1) is 11.4. The first-order valence-corrected chi connectivity index (χ1v) is 7.94. The predicted molar refractivity (Wildman–Crippen MR) is 92.0 cm³/mol. The van der Waals surface area contributed by atoms with Gasteiger partial charge in [-0.15, -0.1) is 5.10 Å². The van der Waals surface area contributed by atoms with Gasteiger partial charge in [0.25, 0.3) is 5.91 Å². The van der Waals surface area contributed by atoms with E-state index < -0.39 is 17.8 Å². The molecule has 0 aliphatic carbocycles. The van der Waals surface area contributed by atoms with Crippen molar-refractivity contribution in [1.29, 1.82) is 0 Å². The minimum Gasteiger partial charge on any atom is -0.478 e. The lowest BCUT2D eigenvalue weighted by atomic mass is 10.1. The van der Waals surface area contributed by atoms with Crippen molar-refractivity contribution in [3.8, 4) is 0 Å². The standard InChI is InChI=1S/C14H10BrN3O5S/c1-23-11(19)5-10-12(20)17-14(24-10)18-16-6-8-4-7(13(21)22)2-3-9(8)15/h2-6H,1H3,(H,21,22)(H,17,18,20)/b10-5+,16-6?. The number of ether oxygens (including phenoxy) is 1. The summed E-state index contributed by atoms with van der Waals surface area (Å²) in [6, 6.07) is 4.47. The molecule has 2 rings (SSSR count). The van der Waals surface area contributed by atoms with Gasteiger partial charge >= 0.3 is 11.9 Å². The Morgan fingerprint density at radius 3 is 2.83 bits per heavy atom. The van der Waals surface area contributed by atoms with Gasteiger partial charge in [-0.1, -0.05) is 15.9 Å². The van der Waals surface area contributed by atoms with Crippen LogP contribution in [0.25, 0.3) is 0 Å². The van der Waals surface area contributed by atoms with Gasteiger partial charge in [0, 0.05) is 16.1 Å². The topological polar surface area (TPSA) is 117 Å². The van der Waals surface area contributed by atoms with Crippen molar-refractivity contribution in [2.45, 2.75) is 0 Å². The summed E-state index contributed by atoms with van der Waals surface area (Å²) in [4.78, 5) is 33.9. The molecule has 124 valence electrons. The van der Waals surface area contributed by atoms with Crippen LogP contribution in [0.2, 0.25) is 0 Å². The molecule has 1 aliphatic rings. The third-order valence-corrected chi connectivity index (χ3v) is 4.31. The number of aromatic carboxylic acids is 1. The van der Waals surface area contributed by atoms with E-state index in [-0.39, 0.29) is 15.6 Å². The molecule has 0 saturated carbocycles. The van der Waals surface area contributed by atoms with E-state index in [4.69, 9.17) is 5.11 Å². The number of nitrogens with one attached hydrogen (secondary N) is 1. The number of carbonyl (C=O) groups is 3. The molecule has 1 fully saturated rings. The Balaban J connectivity index is 2.14. The van der Waals surface area contributed by atoms with E-state index in [1.165, 1.54) is 25.5 Å². The largest absolute Gasteiger partial charge is 0.478 e. The Morgan fingerprint density at radius 2 is 2.17 bits per heavy atom. The van der Waals surface area contributed by atoms with Gasteiger partial charge in [-0.2, -0.15) is 5.10 Å². The molecule has 1 amide bonds. The average Bonchev–Trinajstić information content (AvgIpc) is 2.88. The Hall–Kier alpha value is -2.46. The molecular formula is C14H10BrN3O5S. The number of carbonyl (C=O) groups excluding carboxylic acids is 2. The van der Waals surface area contributed by atoms with Gasteiger partial charge in [-0.3, -0.25) is 10.1 Å². The van der Waals surface area contributed by atoms with E-state index in [1.54, 1.807) is 6.07 Å². The van der Waals surface area contributed by atoms with E-state index in [2.05, 4.69) is 36.2 Å². The summed E-state index contributed by atoms with van der Waals surface area (Å²) in [5, 5.41) is 19.2. The van der Waals surface area contributed by atoms with Crippen molar-refractivity contribution in [3.05, 3.63) is 44.8 Å². The number of nitrogens with zero attached hydrogens (tertiary/aromatic N) is 2. The fraction of sp³-hybridized carbons (Fsp3) is 0.0714. The highest BCUT2D eigenvalue weighted by molar-refractivity contribution is 9.10. The number of esters is 1. The molecule has 2 N–H and O–H groups in total. The third kappa shape index (κ3) is 4.52. The molecule has 1 aromatic rings. The molecule has 1 aromatic carbocycles. The molecule has 10 heteroatoms. The van der Waals surface area contributed by atoms with Crippen LogP contribution in [0, 0.1) is 0 Å². The lowest BCUT2D eigenvalue weighted by Crippen LogP contribution is -2.19. The summed E-state index contributed by atoms with van der Waals surface area (Å²) in [6.07, 6.45) is 2.40. The molecule has 1 heterocycles. The maximum Gasteiger partial charge on any atom is 0.335 e. The van der Waals surface area contributed by atoms with Crippen LogP contribution in [0.15, 0.2) is 43.9 Å². The maximum absolute atomic E-state index is 11.6. The molecule has 1 aliphatic heterocycles. The molecule has 24 heavy (non-hydrogen) atoms. The zero-order valence-electron chi connectivity index (χ0n) is 12.1. The zero-order chi connectivity index (χ0) is 17.7. The maximum atomic E-state index is 11.6. The number of amides is 1. The van der Waals surface area contributed by atoms with E-state index in [0.717, 1.165) is 17.8 Å². The number of halogens is 1. The molecule has 8 nitrogen and oxygen atoms in total. The number of amidine groups is 1. The molecule has 0 atom stereocenters. The number of methoxy groups -OCH3 is 1. The molecular weight excluding hydrogens is 402 g/mol. The van der Waals surface area contributed by atoms with Gasteiger partial charge in [0.15, 0.2) is 5.17 Å². The quantitative estimate of drug-likeness (QED) is 0.337. The monoisotopic (exact) mass is 411 g/mol. The number of carboxylic acids is 1. The number of hydrogen-bond acceptors (Lipinski definition) is 7. The van der Waals surface area contributed by atoms with E-state index >= 15 is 0 Å². The molecule has 0 unspecified atom stereocenters. The van der Waals surface area contributed by atoms with E-state index in [0.29, 0.717) is 10.0 Å². The number of rotatable bonds is 4. The van der Waals surface area contributed by atoms with Gasteiger partial charge < -0.3 is 9.84 Å². The second kappa shape index (κ2) is 7.88. The lowest BCUT2D eigenvalue weighted by Gasteiger charge is -1.99. The summed E-state index contributed by atoms with van der Waals surface area (Å²) in [7, 11) is 1.21. The Labute approximate surface area is 148 Å². The number of carboxylic acid groups (broad SMARTS) is 1. The number of benzene rings is 1. The van der Waals surface area contributed by atoms with Gasteiger partial charge in [0.1, 0.15) is 0 Å².